The zero-order valence-electron chi connectivity index (χ0n) is 22.0. The molecule has 2 amide bonds. The van der Waals surface area contributed by atoms with Crippen LogP contribution in [0, 0.1) is 0 Å². The average Bonchev–Trinajstić information content (AvgIpc) is 2.92. The van der Waals surface area contributed by atoms with Gasteiger partial charge in [-0.05, 0) is 47.9 Å². The highest BCUT2D eigenvalue weighted by molar-refractivity contribution is 7.89. The van der Waals surface area contributed by atoms with Gasteiger partial charge in [0, 0.05) is 36.6 Å². The summed E-state index contributed by atoms with van der Waals surface area (Å²) in [5.74, 6) is -0.836. The van der Waals surface area contributed by atoms with Crippen LogP contribution in [0.15, 0.2) is 83.8 Å². The monoisotopic (exact) mass is 589 g/mol. The third kappa shape index (κ3) is 8.54. The number of unbranched alkanes of at least 4 members (excludes halogenated alkanes) is 1. The van der Waals surface area contributed by atoms with E-state index in [9.17, 15) is 18.0 Å². The maximum absolute atomic E-state index is 13.8. The number of likely N-dealkylation sites (N-methyl/N-ethyl adjacent to an activating group) is 1. The Morgan fingerprint density at radius 2 is 1.56 bits per heavy atom. The molecule has 10 heteroatoms. The van der Waals surface area contributed by atoms with Crippen LogP contribution in [0.4, 0.5) is 0 Å². The summed E-state index contributed by atoms with van der Waals surface area (Å²) >= 11 is 12.4. The van der Waals surface area contributed by atoms with Gasteiger partial charge in [0.2, 0.25) is 21.8 Å². The molecule has 1 N–H and O–H groups in total. The molecule has 0 bridgehead atoms. The van der Waals surface area contributed by atoms with Crippen molar-refractivity contribution in [2.75, 3.05) is 20.1 Å². The molecule has 0 saturated carbocycles. The number of hydrogen-bond acceptors (Lipinski definition) is 4. The van der Waals surface area contributed by atoms with Gasteiger partial charge in [0.25, 0.3) is 0 Å². The van der Waals surface area contributed by atoms with Gasteiger partial charge < -0.3 is 10.2 Å². The number of nitrogens with one attached hydrogen (secondary N) is 1. The minimum absolute atomic E-state index is 0.0120. The van der Waals surface area contributed by atoms with Gasteiger partial charge in [-0.3, -0.25) is 9.59 Å². The van der Waals surface area contributed by atoms with Gasteiger partial charge in [0.05, 0.1) is 11.4 Å². The van der Waals surface area contributed by atoms with E-state index in [1.165, 1.54) is 36.2 Å². The highest BCUT2D eigenvalue weighted by Crippen LogP contribution is 2.22. The molecule has 0 saturated heterocycles. The van der Waals surface area contributed by atoms with Crippen LogP contribution in [0.5, 0.6) is 0 Å². The third-order valence-corrected chi connectivity index (χ3v) is 8.72. The quantitative estimate of drug-likeness (QED) is 0.279. The molecule has 0 unspecified atom stereocenters. The predicted molar refractivity (Wildman–Crippen MR) is 155 cm³/mol. The van der Waals surface area contributed by atoms with Gasteiger partial charge in [-0.2, -0.15) is 4.31 Å². The number of carbonyl (C=O) groups excluding carboxylic acids is 2. The summed E-state index contributed by atoms with van der Waals surface area (Å²) in [6.45, 7) is 2.06. The largest absolute Gasteiger partial charge is 0.354 e. The second kappa shape index (κ2) is 14.5. The molecule has 0 radical (unpaired) electrons. The first-order chi connectivity index (χ1) is 18.6. The summed E-state index contributed by atoms with van der Waals surface area (Å²) in [7, 11) is -2.65. The van der Waals surface area contributed by atoms with Crippen molar-refractivity contribution in [3.63, 3.8) is 0 Å². The van der Waals surface area contributed by atoms with Crippen molar-refractivity contribution < 1.29 is 18.0 Å². The zero-order valence-corrected chi connectivity index (χ0v) is 24.3. The van der Waals surface area contributed by atoms with Crippen LogP contribution < -0.4 is 5.32 Å². The van der Waals surface area contributed by atoms with E-state index < -0.39 is 28.5 Å². The standard InChI is InChI=1S/C29H33Cl2N3O4S/c1-3-4-18-32-29(36)27(19-22-10-6-5-7-11-22)34(20-23-12-8-9-13-26(23)31)28(35)21-33(2)39(37,38)25-16-14-24(30)15-17-25/h5-17,27H,3-4,18-21H2,1-2H3,(H,32,36)/t27-/m0/s1. The lowest BCUT2D eigenvalue weighted by atomic mass is 10.0. The normalized spacial score (nSPS) is 12.2. The first kappa shape index (κ1) is 30.6. The summed E-state index contributed by atoms with van der Waals surface area (Å²) in [5, 5.41) is 3.79. The lowest BCUT2D eigenvalue weighted by Crippen LogP contribution is -2.53. The van der Waals surface area contributed by atoms with E-state index in [0.717, 1.165) is 22.7 Å². The van der Waals surface area contributed by atoms with Crippen molar-refractivity contribution >= 4 is 45.0 Å². The fourth-order valence-corrected chi connectivity index (χ4v) is 5.46. The number of rotatable bonds is 13. The van der Waals surface area contributed by atoms with Crippen LogP contribution in [-0.2, 0) is 32.6 Å². The van der Waals surface area contributed by atoms with Gasteiger partial charge >= 0.3 is 0 Å². The van der Waals surface area contributed by atoms with Gasteiger partial charge in [0.1, 0.15) is 6.04 Å². The Balaban J connectivity index is 1.96. The minimum Gasteiger partial charge on any atom is -0.354 e. The van der Waals surface area contributed by atoms with E-state index in [2.05, 4.69) is 5.32 Å². The molecule has 0 aliphatic carbocycles. The molecule has 0 aliphatic heterocycles. The highest BCUT2D eigenvalue weighted by Gasteiger charge is 2.33. The van der Waals surface area contributed by atoms with Crippen LogP contribution in [0.25, 0.3) is 0 Å². The number of carbonyl (C=O) groups is 2. The van der Waals surface area contributed by atoms with Crippen molar-refractivity contribution in [1.82, 2.24) is 14.5 Å². The molecule has 0 fully saturated rings. The van der Waals surface area contributed by atoms with E-state index in [1.54, 1.807) is 24.3 Å². The van der Waals surface area contributed by atoms with Crippen LogP contribution in [-0.4, -0.2) is 55.6 Å². The lowest BCUT2D eigenvalue weighted by Gasteiger charge is -2.33. The first-order valence-corrected chi connectivity index (χ1v) is 14.9. The maximum atomic E-state index is 13.8. The second-order valence-electron chi connectivity index (χ2n) is 9.18. The predicted octanol–water partition coefficient (Wildman–Crippen LogP) is 5.17. The number of amides is 2. The number of benzene rings is 3. The van der Waals surface area contributed by atoms with Gasteiger partial charge in [-0.1, -0.05) is 85.1 Å². The Bertz CT molecular complexity index is 1350. The van der Waals surface area contributed by atoms with Crippen molar-refractivity contribution in [3.05, 3.63) is 100 Å². The number of nitrogens with zero attached hydrogens (tertiary/aromatic N) is 2. The summed E-state index contributed by atoms with van der Waals surface area (Å²) in [5.41, 5.74) is 1.52. The molecule has 1 atom stereocenters. The SMILES string of the molecule is CCCCNC(=O)[C@H](Cc1ccccc1)N(Cc1ccccc1Cl)C(=O)CN(C)S(=O)(=O)c1ccc(Cl)cc1. The van der Waals surface area contributed by atoms with Crippen LogP contribution in [0.1, 0.15) is 30.9 Å². The van der Waals surface area contributed by atoms with E-state index in [-0.39, 0.29) is 23.8 Å². The van der Waals surface area contributed by atoms with E-state index >= 15 is 0 Å². The van der Waals surface area contributed by atoms with Gasteiger partial charge in [-0.25, -0.2) is 8.42 Å². The minimum atomic E-state index is -3.99. The lowest BCUT2D eigenvalue weighted by molar-refractivity contribution is -0.141. The summed E-state index contributed by atoms with van der Waals surface area (Å²) in [6.07, 6.45) is 1.95. The molecule has 0 heterocycles. The molecule has 0 spiro atoms. The smallest absolute Gasteiger partial charge is 0.243 e. The molecule has 39 heavy (non-hydrogen) atoms. The molecular weight excluding hydrogens is 557 g/mol. The number of sulfonamides is 1. The Morgan fingerprint density at radius 3 is 2.21 bits per heavy atom. The molecule has 3 aromatic carbocycles. The van der Waals surface area contributed by atoms with Crippen molar-refractivity contribution in [2.24, 2.45) is 0 Å². The molecule has 208 valence electrons. The van der Waals surface area contributed by atoms with Crippen LogP contribution in [0.2, 0.25) is 10.0 Å². The van der Waals surface area contributed by atoms with E-state index in [4.69, 9.17) is 23.2 Å². The fourth-order valence-electron chi connectivity index (χ4n) is 4.02. The second-order valence-corrected chi connectivity index (χ2v) is 12.1. The van der Waals surface area contributed by atoms with Gasteiger partial charge in [-0.15, -0.1) is 0 Å². The number of hydrogen-bond donors (Lipinski definition) is 1. The van der Waals surface area contributed by atoms with Crippen LogP contribution >= 0.6 is 23.2 Å². The Kier molecular flexibility index (Phi) is 11.4. The summed E-state index contributed by atoms with van der Waals surface area (Å²) in [4.78, 5) is 28.8. The van der Waals surface area contributed by atoms with E-state index in [0.29, 0.717) is 22.2 Å². The molecule has 0 aliphatic rings. The molecule has 0 aromatic heterocycles. The fraction of sp³-hybridized carbons (Fsp3) is 0.310. The molecule has 3 aromatic rings. The molecular formula is C29H33Cl2N3O4S. The third-order valence-electron chi connectivity index (χ3n) is 6.28. The van der Waals surface area contributed by atoms with E-state index in [1.807, 2.05) is 37.3 Å². The summed E-state index contributed by atoms with van der Waals surface area (Å²) < 4.78 is 27.4. The topological polar surface area (TPSA) is 86.8 Å². The molecule has 7 nitrogen and oxygen atoms in total. The van der Waals surface area contributed by atoms with Crippen molar-refractivity contribution in [3.8, 4) is 0 Å². The number of halogens is 2. The first-order valence-electron chi connectivity index (χ1n) is 12.7. The molecule has 3 rings (SSSR count). The van der Waals surface area contributed by atoms with Gasteiger partial charge in [0.15, 0.2) is 0 Å². The Hall–Kier alpha value is -2.91. The van der Waals surface area contributed by atoms with Crippen LogP contribution in [0.3, 0.4) is 0 Å². The Morgan fingerprint density at radius 1 is 0.923 bits per heavy atom. The van der Waals surface area contributed by atoms with Crippen molar-refractivity contribution in [1.29, 1.82) is 0 Å². The average molecular weight is 591 g/mol. The van der Waals surface area contributed by atoms with Crippen molar-refractivity contribution in [2.45, 2.75) is 43.7 Å². The Labute approximate surface area is 240 Å². The highest BCUT2D eigenvalue weighted by atomic mass is 35.5. The summed E-state index contributed by atoms with van der Waals surface area (Å²) in [6, 6.07) is 21.3. The zero-order chi connectivity index (χ0) is 28.4. The maximum Gasteiger partial charge on any atom is 0.243 e.